The van der Waals surface area contributed by atoms with E-state index >= 15 is 0 Å². The van der Waals surface area contributed by atoms with Crippen LogP contribution in [-0.2, 0) is 10.0 Å². The molecule has 7 heteroatoms. The average molecular weight is 337 g/mol. The number of thiocarbonyl (C=S) groups is 1. The topological polar surface area (TPSA) is 72.2 Å². The highest BCUT2D eigenvalue weighted by atomic mass is 79.9. The van der Waals surface area contributed by atoms with Gasteiger partial charge in [0.25, 0.3) is 0 Å². The Balaban J connectivity index is 2.86. The van der Waals surface area contributed by atoms with Gasteiger partial charge in [0.15, 0.2) is 0 Å². The summed E-state index contributed by atoms with van der Waals surface area (Å²) in [6.45, 7) is 1.72. The first-order chi connectivity index (χ1) is 7.81. The number of benzene rings is 1. The van der Waals surface area contributed by atoms with Crippen LogP contribution in [-0.4, -0.2) is 19.4 Å². The number of nitrogens with two attached hydrogens (primary N) is 1. The van der Waals surface area contributed by atoms with Crippen LogP contribution in [0.25, 0.3) is 0 Å². The second-order valence-corrected chi connectivity index (χ2v) is 6.80. The van der Waals surface area contributed by atoms with Crippen molar-refractivity contribution >= 4 is 43.2 Å². The summed E-state index contributed by atoms with van der Waals surface area (Å²) < 4.78 is 27.1. The van der Waals surface area contributed by atoms with Gasteiger partial charge < -0.3 is 5.73 Å². The number of hydrogen-bond donors (Lipinski definition) is 2. The molecule has 0 heterocycles. The van der Waals surface area contributed by atoms with Gasteiger partial charge in [0, 0.05) is 16.9 Å². The van der Waals surface area contributed by atoms with Gasteiger partial charge in [0.05, 0.1) is 9.88 Å². The second-order valence-electron chi connectivity index (χ2n) is 3.65. The Labute approximate surface area is 115 Å². The van der Waals surface area contributed by atoms with Gasteiger partial charge in [-0.05, 0) is 25.1 Å². The molecule has 0 saturated heterocycles. The van der Waals surface area contributed by atoms with Gasteiger partial charge in [-0.25, -0.2) is 13.1 Å². The molecule has 0 saturated carbocycles. The molecule has 0 bridgehead atoms. The van der Waals surface area contributed by atoms with Crippen LogP contribution in [0.3, 0.4) is 0 Å². The molecule has 94 valence electrons. The molecule has 0 aliphatic rings. The monoisotopic (exact) mass is 336 g/mol. The van der Waals surface area contributed by atoms with E-state index in [-0.39, 0.29) is 15.9 Å². The Morgan fingerprint density at radius 1 is 1.59 bits per heavy atom. The molecule has 1 atom stereocenters. The van der Waals surface area contributed by atoms with Crippen LogP contribution in [0.5, 0.6) is 0 Å². The fraction of sp³-hybridized carbons (Fsp3) is 0.300. The Kier molecular flexibility index (Phi) is 5.05. The highest BCUT2D eigenvalue weighted by Crippen LogP contribution is 2.16. The molecule has 1 aromatic rings. The molecule has 1 rings (SSSR count). The maximum absolute atomic E-state index is 12.0. The normalized spacial score (nSPS) is 13.3. The predicted molar refractivity (Wildman–Crippen MR) is 75.3 cm³/mol. The van der Waals surface area contributed by atoms with Crippen molar-refractivity contribution in [2.45, 2.75) is 24.3 Å². The molecular weight excluding hydrogens is 324 g/mol. The van der Waals surface area contributed by atoms with Gasteiger partial charge in [-0.3, -0.25) is 0 Å². The van der Waals surface area contributed by atoms with Crippen LogP contribution in [0.4, 0.5) is 0 Å². The molecule has 0 aliphatic heterocycles. The summed E-state index contributed by atoms with van der Waals surface area (Å²) in [5, 5.41) is 0. The van der Waals surface area contributed by atoms with E-state index in [0.717, 1.165) is 0 Å². The zero-order chi connectivity index (χ0) is 13.1. The third kappa shape index (κ3) is 4.71. The Bertz CT molecular complexity index is 517. The molecule has 0 aromatic heterocycles. The lowest BCUT2D eigenvalue weighted by Gasteiger charge is -2.13. The minimum atomic E-state index is -3.52. The molecule has 1 unspecified atom stereocenters. The van der Waals surface area contributed by atoms with Gasteiger partial charge in [0.2, 0.25) is 10.0 Å². The quantitative estimate of drug-likeness (QED) is 0.804. The summed E-state index contributed by atoms with van der Waals surface area (Å²) in [6.07, 6.45) is 0.336. The first kappa shape index (κ1) is 14.6. The Hall–Kier alpha value is -0.500. The Morgan fingerprint density at radius 2 is 2.24 bits per heavy atom. The molecule has 0 spiro atoms. The summed E-state index contributed by atoms with van der Waals surface area (Å²) in [5.41, 5.74) is 5.36. The molecule has 1 aromatic carbocycles. The van der Waals surface area contributed by atoms with Gasteiger partial charge in [-0.15, -0.1) is 0 Å². The van der Waals surface area contributed by atoms with E-state index < -0.39 is 10.0 Å². The number of sulfonamides is 1. The van der Waals surface area contributed by atoms with Gasteiger partial charge >= 0.3 is 0 Å². The van der Waals surface area contributed by atoms with Crippen molar-refractivity contribution in [3.63, 3.8) is 0 Å². The third-order valence-corrected chi connectivity index (χ3v) is 4.22. The van der Waals surface area contributed by atoms with E-state index in [1.807, 2.05) is 0 Å². The number of rotatable bonds is 5. The molecule has 0 fully saturated rings. The van der Waals surface area contributed by atoms with Gasteiger partial charge in [-0.2, -0.15) is 0 Å². The molecule has 4 nitrogen and oxygen atoms in total. The van der Waals surface area contributed by atoms with Crippen LogP contribution in [0, 0.1) is 0 Å². The van der Waals surface area contributed by atoms with E-state index in [0.29, 0.717) is 10.9 Å². The maximum Gasteiger partial charge on any atom is 0.240 e. The lowest BCUT2D eigenvalue weighted by molar-refractivity contribution is 0.565. The van der Waals surface area contributed by atoms with Crippen molar-refractivity contribution in [2.75, 3.05) is 0 Å². The summed E-state index contributed by atoms with van der Waals surface area (Å²) >= 11 is 7.96. The van der Waals surface area contributed by atoms with Crippen LogP contribution in [0.15, 0.2) is 33.6 Å². The van der Waals surface area contributed by atoms with Crippen molar-refractivity contribution in [1.29, 1.82) is 0 Å². The third-order valence-electron chi connectivity index (χ3n) is 1.97. The number of hydrogen-bond acceptors (Lipinski definition) is 3. The first-order valence-electron chi connectivity index (χ1n) is 4.87. The highest BCUT2D eigenvalue weighted by Gasteiger charge is 2.17. The minimum Gasteiger partial charge on any atom is -0.393 e. The fourth-order valence-corrected chi connectivity index (χ4v) is 3.40. The van der Waals surface area contributed by atoms with E-state index in [1.54, 1.807) is 19.1 Å². The van der Waals surface area contributed by atoms with E-state index in [2.05, 4.69) is 20.7 Å². The van der Waals surface area contributed by atoms with Gasteiger partial charge in [0.1, 0.15) is 0 Å². The number of halogens is 1. The van der Waals surface area contributed by atoms with Crippen molar-refractivity contribution in [3.8, 4) is 0 Å². The summed E-state index contributed by atoms with van der Waals surface area (Å²) in [5.74, 6) is 0. The molecule has 3 N–H and O–H groups in total. The number of nitrogens with one attached hydrogen (secondary N) is 1. The molecular formula is C10H13BrN2O2S2. The maximum atomic E-state index is 12.0. The van der Waals surface area contributed by atoms with Gasteiger partial charge in [-0.1, -0.05) is 34.2 Å². The van der Waals surface area contributed by atoms with Crippen molar-refractivity contribution in [2.24, 2.45) is 5.73 Å². The predicted octanol–water partition coefficient (Wildman–Crippen LogP) is 1.79. The van der Waals surface area contributed by atoms with Crippen molar-refractivity contribution < 1.29 is 8.42 Å². The summed E-state index contributed by atoms with van der Waals surface area (Å²) in [7, 11) is -3.52. The van der Waals surface area contributed by atoms with E-state index in [9.17, 15) is 8.42 Å². The van der Waals surface area contributed by atoms with E-state index in [4.69, 9.17) is 18.0 Å². The summed E-state index contributed by atoms with van der Waals surface area (Å²) in [4.78, 5) is 0.496. The molecule has 0 radical (unpaired) electrons. The van der Waals surface area contributed by atoms with Crippen LogP contribution in [0.2, 0.25) is 0 Å². The molecule has 17 heavy (non-hydrogen) atoms. The second kappa shape index (κ2) is 5.90. The van der Waals surface area contributed by atoms with E-state index in [1.165, 1.54) is 12.1 Å². The lowest BCUT2D eigenvalue weighted by Crippen LogP contribution is -2.35. The lowest BCUT2D eigenvalue weighted by atomic mass is 10.3. The molecule has 0 aliphatic carbocycles. The Morgan fingerprint density at radius 3 is 2.76 bits per heavy atom. The summed E-state index contributed by atoms with van der Waals surface area (Å²) in [6, 6.07) is 6.17. The fourth-order valence-electron chi connectivity index (χ4n) is 1.31. The smallest absolute Gasteiger partial charge is 0.240 e. The molecule has 0 amide bonds. The standard InChI is InChI=1S/C10H13BrN2O2S2/c1-7(5-10(12)16)13-17(14,15)9-4-2-3-8(11)6-9/h2-4,6-7,13H,5H2,1H3,(H2,12,16). The minimum absolute atomic E-state index is 0.210. The van der Waals surface area contributed by atoms with Crippen LogP contribution < -0.4 is 10.5 Å². The van der Waals surface area contributed by atoms with Crippen molar-refractivity contribution in [1.82, 2.24) is 4.72 Å². The van der Waals surface area contributed by atoms with Crippen LogP contribution in [0.1, 0.15) is 13.3 Å². The zero-order valence-corrected chi connectivity index (χ0v) is 12.4. The first-order valence-corrected chi connectivity index (χ1v) is 7.56. The SMILES string of the molecule is CC(CC(N)=S)NS(=O)(=O)c1cccc(Br)c1. The largest absolute Gasteiger partial charge is 0.393 e. The van der Waals surface area contributed by atoms with Crippen molar-refractivity contribution in [3.05, 3.63) is 28.7 Å². The van der Waals surface area contributed by atoms with Crippen LogP contribution >= 0.6 is 28.1 Å². The zero-order valence-electron chi connectivity index (χ0n) is 9.18. The average Bonchev–Trinajstić information content (AvgIpc) is 2.15. The highest BCUT2D eigenvalue weighted by molar-refractivity contribution is 9.10.